The Morgan fingerprint density at radius 1 is 1.42 bits per heavy atom. The number of aromatic nitrogens is 4. The summed E-state index contributed by atoms with van der Waals surface area (Å²) >= 11 is 0. The van der Waals surface area contributed by atoms with Crippen LogP contribution in [0.25, 0.3) is 0 Å². The minimum Gasteiger partial charge on any atom is -0.348 e. The lowest BCUT2D eigenvalue weighted by Crippen LogP contribution is -2.23. The molecule has 0 atom stereocenters. The fourth-order valence-corrected chi connectivity index (χ4v) is 1.89. The molecule has 2 aromatic rings. The molecular weight excluding hydrogens is 242 g/mol. The van der Waals surface area contributed by atoms with E-state index in [1.165, 1.54) is 0 Å². The summed E-state index contributed by atoms with van der Waals surface area (Å²) in [7, 11) is 1.82. The van der Waals surface area contributed by atoms with Gasteiger partial charge in [0.05, 0.1) is 17.5 Å². The van der Waals surface area contributed by atoms with Gasteiger partial charge in [0.1, 0.15) is 0 Å². The van der Waals surface area contributed by atoms with E-state index in [4.69, 9.17) is 0 Å². The van der Waals surface area contributed by atoms with Crippen LogP contribution in [0.4, 0.5) is 0 Å². The first-order valence-corrected chi connectivity index (χ1v) is 6.32. The Kier molecular flexibility index (Phi) is 3.69. The van der Waals surface area contributed by atoms with Crippen LogP contribution in [0.2, 0.25) is 0 Å². The Morgan fingerprint density at radius 2 is 2.16 bits per heavy atom. The van der Waals surface area contributed by atoms with Crippen molar-refractivity contribution in [3.8, 4) is 0 Å². The highest BCUT2D eigenvalue weighted by atomic mass is 16.1. The van der Waals surface area contributed by atoms with Gasteiger partial charge in [-0.3, -0.25) is 14.2 Å². The Labute approximate surface area is 112 Å². The summed E-state index contributed by atoms with van der Waals surface area (Å²) in [5, 5.41) is 11.3. The molecule has 2 rings (SSSR count). The molecule has 0 saturated heterocycles. The van der Waals surface area contributed by atoms with Gasteiger partial charge in [-0.1, -0.05) is 0 Å². The Morgan fingerprint density at radius 3 is 2.68 bits per heavy atom. The van der Waals surface area contributed by atoms with E-state index in [0.29, 0.717) is 12.1 Å². The number of hydrogen-bond donors (Lipinski definition) is 1. The number of aryl methyl sites for hydroxylation is 3. The first-order chi connectivity index (χ1) is 9.02. The lowest BCUT2D eigenvalue weighted by Gasteiger charge is -2.03. The third kappa shape index (κ3) is 2.67. The lowest BCUT2D eigenvalue weighted by molar-refractivity contribution is 0.0950. The van der Waals surface area contributed by atoms with Gasteiger partial charge < -0.3 is 5.32 Å². The highest BCUT2D eigenvalue weighted by molar-refractivity contribution is 5.94. The molecule has 0 saturated carbocycles. The third-order valence-corrected chi connectivity index (χ3v) is 3.29. The fourth-order valence-electron chi connectivity index (χ4n) is 1.89. The molecule has 0 aliphatic rings. The van der Waals surface area contributed by atoms with Crippen LogP contribution in [0.5, 0.6) is 0 Å². The van der Waals surface area contributed by atoms with Crippen molar-refractivity contribution in [2.45, 2.75) is 33.9 Å². The Hall–Kier alpha value is -2.11. The normalized spacial score (nSPS) is 10.7. The number of carbonyl (C=O) groups is 1. The Bertz CT molecular complexity index is 596. The highest BCUT2D eigenvalue weighted by Gasteiger charge is 2.13. The molecule has 0 fully saturated rings. The predicted molar refractivity (Wildman–Crippen MR) is 71.8 cm³/mol. The van der Waals surface area contributed by atoms with E-state index in [2.05, 4.69) is 15.5 Å². The van der Waals surface area contributed by atoms with Crippen LogP contribution < -0.4 is 5.32 Å². The quantitative estimate of drug-likeness (QED) is 0.899. The van der Waals surface area contributed by atoms with Gasteiger partial charge in [-0.2, -0.15) is 10.2 Å². The van der Waals surface area contributed by atoms with Gasteiger partial charge in [0.15, 0.2) is 0 Å². The molecule has 2 aromatic heterocycles. The maximum absolute atomic E-state index is 12.0. The summed E-state index contributed by atoms with van der Waals surface area (Å²) in [5.74, 6) is -0.103. The molecule has 0 aliphatic heterocycles. The van der Waals surface area contributed by atoms with Gasteiger partial charge in [0.2, 0.25) is 0 Å². The van der Waals surface area contributed by atoms with Gasteiger partial charge in [-0.05, 0) is 20.8 Å². The van der Waals surface area contributed by atoms with Gasteiger partial charge in [0.25, 0.3) is 5.91 Å². The summed E-state index contributed by atoms with van der Waals surface area (Å²) < 4.78 is 3.56. The van der Waals surface area contributed by atoms with Crippen molar-refractivity contribution >= 4 is 5.91 Å². The molecule has 6 nitrogen and oxygen atoms in total. The molecule has 1 N–H and O–H groups in total. The summed E-state index contributed by atoms with van der Waals surface area (Å²) in [4.78, 5) is 12.0. The molecule has 102 valence electrons. The largest absolute Gasteiger partial charge is 0.348 e. The molecule has 2 heterocycles. The minimum absolute atomic E-state index is 0.103. The van der Waals surface area contributed by atoms with Crippen LogP contribution in [0.3, 0.4) is 0 Å². The van der Waals surface area contributed by atoms with E-state index >= 15 is 0 Å². The zero-order valence-electron chi connectivity index (χ0n) is 11.8. The molecule has 0 aromatic carbocycles. The van der Waals surface area contributed by atoms with Gasteiger partial charge in [0, 0.05) is 37.6 Å². The molecule has 1 amide bonds. The second-order valence-corrected chi connectivity index (χ2v) is 4.55. The lowest BCUT2D eigenvalue weighted by atomic mass is 10.2. The number of rotatable bonds is 4. The van der Waals surface area contributed by atoms with Gasteiger partial charge in [-0.15, -0.1) is 0 Å². The molecule has 0 bridgehead atoms. The van der Waals surface area contributed by atoms with Gasteiger partial charge in [-0.25, -0.2) is 0 Å². The Balaban J connectivity index is 2.04. The maximum atomic E-state index is 12.0. The van der Waals surface area contributed by atoms with Crippen LogP contribution in [-0.4, -0.2) is 25.5 Å². The van der Waals surface area contributed by atoms with Crippen molar-refractivity contribution in [3.05, 3.63) is 34.9 Å². The molecule has 19 heavy (non-hydrogen) atoms. The van der Waals surface area contributed by atoms with E-state index < -0.39 is 0 Å². The van der Waals surface area contributed by atoms with Crippen LogP contribution in [-0.2, 0) is 20.1 Å². The third-order valence-electron chi connectivity index (χ3n) is 3.29. The van der Waals surface area contributed by atoms with E-state index in [0.717, 1.165) is 23.5 Å². The summed E-state index contributed by atoms with van der Waals surface area (Å²) in [6.45, 7) is 7.18. The van der Waals surface area contributed by atoms with E-state index in [9.17, 15) is 4.79 Å². The number of nitrogens with zero attached hydrogens (tertiary/aromatic N) is 4. The number of carbonyl (C=O) groups excluding carboxylic acids is 1. The van der Waals surface area contributed by atoms with Crippen LogP contribution in [0.15, 0.2) is 12.4 Å². The van der Waals surface area contributed by atoms with Crippen LogP contribution in [0.1, 0.15) is 34.2 Å². The van der Waals surface area contributed by atoms with Crippen molar-refractivity contribution in [2.24, 2.45) is 7.05 Å². The maximum Gasteiger partial charge on any atom is 0.255 e. The minimum atomic E-state index is -0.103. The second kappa shape index (κ2) is 5.26. The number of hydrogen-bond acceptors (Lipinski definition) is 3. The molecule has 6 heteroatoms. The number of amides is 1. The van der Waals surface area contributed by atoms with Crippen molar-refractivity contribution in [1.82, 2.24) is 24.9 Å². The topological polar surface area (TPSA) is 64.7 Å². The van der Waals surface area contributed by atoms with Crippen molar-refractivity contribution in [3.63, 3.8) is 0 Å². The second-order valence-electron chi connectivity index (χ2n) is 4.55. The average molecular weight is 261 g/mol. The standard InChI is InChI=1S/C13H19N5O/c1-5-18-8-11(9(2)16-18)6-14-13(19)12-7-15-17(4)10(12)3/h7-8H,5-6H2,1-4H3,(H,14,19). The summed E-state index contributed by atoms with van der Waals surface area (Å²) in [6, 6.07) is 0. The zero-order valence-corrected chi connectivity index (χ0v) is 11.8. The van der Waals surface area contributed by atoms with Crippen molar-refractivity contribution < 1.29 is 4.79 Å². The predicted octanol–water partition coefficient (Wildman–Crippen LogP) is 1.18. The summed E-state index contributed by atoms with van der Waals surface area (Å²) in [6.07, 6.45) is 3.55. The number of nitrogens with one attached hydrogen (secondary N) is 1. The smallest absolute Gasteiger partial charge is 0.255 e. The highest BCUT2D eigenvalue weighted by Crippen LogP contribution is 2.08. The molecule has 0 spiro atoms. The average Bonchev–Trinajstić information content (AvgIpc) is 2.91. The first kappa shape index (κ1) is 13.3. The SMILES string of the molecule is CCn1cc(CNC(=O)c2cnn(C)c2C)c(C)n1. The molecular formula is C13H19N5O. The van der Waals surface area contributed by atoms with Crippen molar-refractivity contribution in [1.29, 1.82) is 0 Å². The molecule has 0 radical (unpaired) electrons. The van der Waals surface area contributed by atoms with Gasteiger partial charge >= 0.3 is 0 Å². The fraction of sp³-hybridized carbons (Fsp3) is 0.462. The monoisotopic (exact) mass is 261 g/mol. The molecule has 0 aliphatic carbocycles. The van der Waals surface area contributed by atoms with Crippen LogP contribution >= 0.6 is 0 Å². The van der Waals surface area contributed by atoms with E-state index in [-0.39, 0.29) is 5.91 Å². The first-order valence-electron chi connectivity index (χ1n) is 6.32. The van der Waals surface area contributed by atoms with E-state index in [1.54, 1.807) is 10.9 Å². The summed E-state index contributed by atoms with van der Waals surface area (Å²) in [5.41, 5.74) is 3.46. The van der Waals surface area contributed by atoms with E-state index in [1.807, 2.05) is 38.7 Å². The zero-order chi connectivity index (χ0) is 14.0. The molecule has 0 unspecified atom stereocenters. The van der Waals surface area contributed by atoms with Crippen molar-refractivity contribution in [2.75, 3.05) is 0 Å². The van der Waals surface area contributed by atoms with Crippen LogP contribution in [0, 0.1) is 13.8 Å².